The van der Waals surface area contributed by atoms with Gasteiger partial charge in [0, 0.05) is 10.5 Å². The summed E-state index contributed by atoms with van der Waals surface area (Å²) in [7, 11) is 0. The largest absolute Gasteiger partial charge is 0.481 e. The van der Waals surface area contributed by atoms with Crippen LogP contribution in [0, 0.1) is 5.82 Å². The summed E-state index contributed by atoms with van der Waals surface area (Å²) in [5, 5.41) is 11.2. The SMILES string of the molecule is C[C@H](CO)NC(=O)COc1ccc(Br)cc1F. The van der Waals surface area contributed by atoms with Crippen LogP contribution >= 0.6 is 15.9 Å². The minimum Gasteiger partial charge on any atom is -0.481 e. The lowest BCUT2D eigenvalue weighted by Gasteiger charge is -2.11. The van der Waals surface area contributed by atoms with Crippen molar-refractivity contribution in [3.63, 3.8) is 0 Å². The summed E-state index contributed by atoms with van der Waals surface area (Å²) in [6, 6.07) is 3.96. The monoisotopic (exact) mass is 305 g/mol. The van der Waals surface area contributed by atoms with Crippen LogP contribution < -0.4 is 10.1 Å². The molecule has 0 fully saturated rings. The third-order valence-electron chi connectivity index (χ3n) is 1.93. The average molecular weight is 306 g/mol. The van der Waals surface area contributed by atoms with Crippen LogP contribution in [0.5, 0.6) is 5.75 Å². The van der Waals surface area contributed by atoms with Crippen molar-refractivity contribution in [1.29, 1.82) is 0 Å². The van der Waals surface area contributed by atoms with Crippen LogP contribution in [0.4, 0.5) is 4.39 Å². The Morgan fingerprint density at radius 1 is 1.65 bits per heavy atom. The maximum absolute atomic E-state index is 13.3. The Labute approximate surface area is 107 Å². The molecule has 0 unspecified atom stereocenters. The second-order valence-electron chi connectivity index (χ2n) is 3.51. The number of carbonyl (C=O) groups is 1. The quantitative estimate of drug-likeness (QED) is 0.866. The number of nitrogens with one attached hydrogen (secondary N) is 1. The van der Waals surface area contributed by atoms with Crippen LogP contribution in [-0.2, 0) is 4.79 Å². The van der Waals surface area contributed by atoms with Gasteiger partial charge in [-0.2, -0.15) is 0 Å². The number of halogens is 2. The highest BCUT2D eigenvalue weighted by atomic mass is 79.9. The molecule has 0 aromatic heterocycles. The first-order valence-electron chi connectivity index (χ1n) is 5.01. The molecule has 0 aliphatic heterocycles. The molecule has 0 heterocycles. The van der Waals surface area contributed by atoms with E-state index in [-0.39, 0.29) is 25.0 Å². The predicted octanol–water partition coefficient (Wildman–Crippen LogP) is 1.46. The molecule has 94 valence electrons. The number of amides is 1. The standard InChI is InChI=1S/C11H13BrFNO3/c1-7(5-15)14-11(16)6-17-10-3-2-8(12)4-9(10)13/h2-4,7,15H,5-6H2,1H3,(H,14,16)/t7-/m1/s1. The van der Waals surface area contributed by atoms with Gasteiger partial charge in [0.2, 0.25) is 0 Å². The number of carbonyl (C=O) groups excluding carboxylic acids is 1. The van der Waals surface area contributed by atoms with Gasteiger partial charge in [0.05, 0.1) is 6.61 Å². The van der Waals surface area contributed by atoms with E-state index >= 15 is 0 Å². The maximum Gasteiger partial charge on any atom is 0.258 e. The number of ether oxygens (including phenoxy) is 1. The van der Waals surface area contributed by atoms with E-state index < -0.39 is 11.7 Å². The molecular formula is C11H13BrFNO3. The van der Waals surface area contributed by atoms with Crippen LogP contribution in [0.1, 0.15) is 6.92 Å². The fourth-order valence-corrected chi connectivity index (χ4v) is 1.43. The zero-order valence-corrected chi connectivity index (χ0v) is 10.8. The minimum atomic E-state index is -0.539. The van der Waals surface area contributed by atoms with Gasteiger partial charge < -0.3 is 15.2 Å². The van der Waals surface area contributed by atoms with E-state index in [1.807, 2.05) is 0 Å². The molecule has 1 aromatic rings. The molecular weight excluding hydrogens is 293 g/mol. The molecule has 1 rings (SSSR count). The molecule has 0 aliphatic carbocycles. The molecule has 1 atom stereocenters. The van der Waals surface area contributed by atoms with Gasteiger partial charge in [-0.3, -0.25) is 4.79 Å². The highest BCUT2D eigenvalue weighted by Crippen LogP contribution is 2.21. The zero-order chi connectivity index (χ0) is 12.8. The van der Waals surface area contributed by atoms with E-state index in [1.165, 1.54) is 12.1 Å². The lowest BCUT2D eigenvalue weighted by Crippen LogP contribution is -2.38. The Kier molecular flexibility index (Phi) is 5.37. The molecule has 0 aliphatic rings. The van der Waals surface area contributed by atoms with E-state index in [2.05, 4.69) is 21.2 Å². The van der Waals surface area contributed by atoms with E-state index in [4.69, 9.17) is 9.84 Å². The van der Waals surface area contributed by atoms with Gasteiger partial charge in [-0.25, -0.2) is 4.39 Å². The zero-order valence-electron chi connectivity index (χ0n) is 9.24. The van der Waals surface area contributed by atoms with E-state index in [0.717, 1.165) is 0 Å². The van der Waals surface area contributed by atoms with Crippen molar-refractivity contribution in [3.05, 3.63) is 28.5 Å². The summed E-state index contributed by atoms with van der Waals surface area (Å²) in [6.45, 7) is 1.21. The van der Waals surface area contributed by atoms with Gasteiger partial charge in [-0.05, 0) is 25.1 Å². The van der Waals surface area contributed by atoms with Gasteiger partial charge in [0.15, 0.2) is 18.2 Å². The molecule has 0 saturated heterocycles. The summed E-state index contributed by atoms with van der Waals surface area (Å²) in [5.74, 6) is -0.934. The fraction of sp³-hybridized carbons (Fsp3) is 0.364. The van der Waals surface area contributed by atoms with E-state index in [0.29, 0.717) is 4.47 Å². The topological polar surface area (TPSA) is 58.6 Å². The van der Waals surface area contributed by atoms with Crippen LogP contribution in [0.25, 0.3) is 0 Å². The summed E-state index contributed by atoms with van der Waals surface area (Å²) < 4.78 is 18.9. The third-order valence-corrected chi connectivity index (χ3v) is 2.43. The molecule has 0 radical (unpaired) electrons. The number of rotatable bonds is 5. The molecule has 0 spiro atoms. The molecule has 6 heteroatoms. The summed E-state index contributed by atoms with van der Waals surface area (Å²) in [6.07, 6.45) is 0. The van der Waals surface area contributed by atoms with Crippen molar-refractivity contribution in [3.8, 4) is 5.75 Å². The number of aliphatic hydroxyl groups is 1. The Bertz CT molecular complexity index is 400. The third kappa shape index (κ3) is 4.70. The van der Waals surface area contributed by atoms with E-state index in [1.54, 1.807) is 13.0 Å². The average Bonchev–Trinajstić information content (AvgIpc) is 2.27. The molecule has 1 amide bonds. The highest BCUT2D eigenvalue weighted by Gasteiger charge is 2.09. The first-order chi connectivity index (χ1) is 8.02. The van der Waals surface area contributed by atoms with E-state index in [9.17, 15) is 9.18 Å². The highest BCUT2D eigenvalue weighted by molar-refractivity contribution is 9.10. The molecule has 1 aromatic carbocycles. The first kappa shape index (κ1) is 13.9. The number of hydrogen-bond acceptors (Lipinski definition) is 3. The molecule has 4 nitrogen and oxygen atoms in total. The second-order valence-corrected chi connectivity index (χ2v) is 4.43. The summed E-state index contributed by atoms with van der Waals surface area (Å²) >= 11 is 3.12. The fourth-order valence-electron chi connectivity index (χ4n) is 1.10. The number of benzene rings is 1. The second kappa shape index (κ2) is 6.56. The Balaban J connectivity index is 2.47. The maximum atomic E-state index is 13.3. The molecule has 17 heavy (non-hydrogen) atoms. The van der Waals surface area contributed by atoms with Crippen molar-refractivity contribution in [2.45, 2.75) is 13.0 Å². The number of aliphatic hydroxyl groups excluding tert-OH is 1. The van der Waals surface area contributed by atoms with Crippen molar-refractivity contribution in [2.75, 3.05) is 13.2 Å². The van der Waals surface area contributed by atoms with Gasteiger partial charge in [0.1, 0.15) is 0 Å². The lowest BCUT2D eigenvalue weighted by molar-refractivity contribution is -0.124. The molecule has 0 bridgehead atoms. The first-order valence-corrected chi connectivity index (χ1v) is 5.80. The van der Waals surface area contributed by atoms with Crippen molar-refractivity contribution in [2.24, 2.45) is 0 Å². The van der Waals surface area contributed by atoms with Gasteiger partial charge in [-0.1, -0.05) is 15.9 Å². The lowest BCUT2D eigenvalue weighted by atomic mass is 10.3. The Hall–Kier alpha value is -1.14. The number of hydrogen-bond donors (Lipinski definition) is 2. The smallest absolute Gasteiger partial charge is 0.258 e. The van der Waals surface area contributed by atoms with Crippen LogP contribution in [0.3, 0.4) is 0 Å². The van der Waals surface area contributed by atoms with Crippen LogP contribution in [0.15, 0.2) is 22.7 Å². The van der Waals surface area contributed by atoms with Gasteiger partial charge in [-0.15, -0.1) is 0 Å². The predicted molar refractivity (Wildman–Crippen MR) is 64.3 cm³/mol. The van der Waals surface area contributed by atoms with Gasteiger partial charge >= 0.3 is 0 Å². The minimum absolute atomic E-state index is 0.0139. The van der Waals surface area contributed by atoms with Gasteiger partial charge in [0.25, 0.3) is 5.91 Å². The Morgan fingerprint density at radius 3 is 2.94 bits per heavy atom. The van der Waals surface area contributed by atoms with Crippen molar-refractivity contribution in [1.82, 2.24) is 5.32 Å². The van der Waals surface area contributed by atoms with Crippen LogP contribution in [-0.4, -0.2) is 30.3 Å². The van der Waals surface area contributed by atoms with Crippen molar-refractivity contribution >= 4 is 21.8 Å². The van der Waals surface area contributed by atoms with Crippen LogP contribution in [0.2, 0.25) is 0 Å². The Morgan fingerprint density at radius 2 is 2.35 bits per heavy atom. The summed E-state index contributed by atoms with van der Waals surface area (Å²) in [4.78, 5) is 11.3. The summed E-state index contributed by atoms with van der Waals surface area (Å²) in [5.41, 5.74) is 0. The molecule has 0 saturated carbocycles. The normalized spacial score (nSPS) is 12.0. The molecule has 2 N–H and O–H groups in total. The van der Waals surface area contributed by atoms with Crippen molar-refractivity contribution < 1.29 is 19.0 Å².